The molecule has 3 aliphatic carbocycles. The van der Waals surface area contributed by atoms with Crippen molar-refractivity contribution in [3.63, 3.8) is 0 Å². The van der Waals surface area contributed by atoms with Crippen molar-refractivity contribution in [1.29, 1.82) is 0 Å². The lowest BCUT2D eigenvalue weighted by atomic mass is 9.72. The van der Waals surface area contributed by atoms with Crippen LogP contribution in [0.1, 0.15) is 193 Å². The SMILES string of the molecule is O=C(O)C(=C(C1CCCCCCCCC1)C1CCCCCCCCC1)C(OC1CCCCO1)C1CCCCCCCCC1. The van der Waals surface area contributed by atoms with Gasteiger partial charge in [0.2, 0.25) is 0 Å². The third-order valence-electron chi connectivity index (χ3n) is 11.4. The van der Waals surface area contributed by atoms with Crippen LogP contribution in [-0.2, 0) is 14.3 Å². The summed E-state index contributed by atoms with van der Waals surface area (Å²) < 4.78 is 13.2. The van der Waals surface area contributed by atoms with E-state index in [4.69, 9.17) is 9.47 Å². The Bertz CT molecular complexity index is 726. The van der Waals surface area contributed by atoms with Crippen molar-refractivity contribution in [1.82, 2.24) is 0 Å². The first-order valence-corrected chi connectivity index (χ1v) is 19.5. The molecule has 2 unspecified atom stereocenters. The molecule has 1 aliphatic heterocycles. The minimum absolute atomic E-state index is 0.252. The fourth-order valence-electron chi connectivity index (χ4n) is 8.96. The molecule has 0 radical (unpaired) electrons. The van der Waals surface area contributed by atoms with E-state index < -0.39 is 5.97 Å². The van der Waals surface area contributed by atoms with Crippen LogP contribution in [0.15, 0.2) is 11.1 Å². The van der Waals surface area contributed by atoms with Gasteiger partial charge in [-0.2, -0.15) is 0 Å². The van der Waals surface area contributed by atoms with Crippen LogP contribution in [-0.4, -0.2) is 30.1 Å². The van der Waals surface area contributed by atoms with Crippen LogP contribution in [0.5, 0.6) is 0 Å². The van der Waals surface area contributed by atoms with Gasteiger partial charge in [-0.05, 0) is 75.5 Å². The summed E-state index contributed by atoms with van der Waals surface area (Å²) in [6, 6.07) is 0. The summed E-state index contributed by atoms with van der Waals surface area (Å²) >= 11 is 0. The molecule has 4 nitrogen and oxygen atoms in total. The molecule has 3 saturated carbocycles. The Kier molecular flexibility index (Phi) is 17.1. The molecule has 4 heteroatoms. The Balaban J connectivity index is 1.77. The Morgan fingerprint density at radius 1 is 0.512 bits per heavy atom. The smallest absolute Gasteiger partial charge is 0.334 e. The Morgan fingerprint density at radius 3 is 1.26 bits per heavy atom. The minimum Gasteiger partial charge on any atom is -0.478 e. The first kappa shape index (κ1) is 35.0. The van der Waals surface area contributed by atoms with E-state index in [1.165, 1.54) is 166 Å². The Morgan fingerprint density at radius 2 is 0.884 bits per heavy atom. The lowest BCUT2D eigenvalue weighted by molar-refractivity contribution is -0.193. The second-order valence-electron chi connectivity index (χ2n) is 14.8. The fraction of sp³-hybridized carbons (Fsp3) is 0.923. The highest BCUT2D eigenvalue weighted by Gasteiger charge is 2.38. The van der Waals surface area contributed by atoms with Crippen LogP contribution in [0.25, 0.3) is 0 Å². The molecule has 43 heavy (non-hydrogen) atoms. The van der Waals surface area contributed by atoms with Gasteiger partial charge in [-0.1, -0.05) is 140 Å². The minimum atomic E-state index is -0.679. The molecule has 0 aromatic carbocycles. The molecule has 1 saturated heterocycles. The fourth-order valence-corrected chi connectivity index (χ4v) is 8.96. The standard InChI is InChI=1S/C39H68O4/c40-39(41)37(38(43-35-30-22-23-31-42-35)34-28-20-14-8-3-9-15-21-29-34)36(32-24-16-10-4-1-5-11-17-25-32)33-26-18-12-6-2-7-13-19-27-33/h32-35,38H,1-31H2,(H,40,41). The van der Waals surface area contributed by atoms with Crippen molar-refractivity contribution in [3.8, 4) is 0 Å². The topological polar surface area (TPSA) is 55.8 Å². The molecule has 0 spiro atoms. The highest BCUT2D eigenvalue weighted by molar-refractivity contribution is 5.89. The van der Waals surface area contributed by atoms with Gasteiger partial charge in [-0.25, -0.2) is 4.79 Å². The highest BCUT2D eigenvalue weighted by atomic mass is 16.7. The number of carboxylic acids is 1. The summed E-state index contributed by atoms with van der Waals surface area (Å²) in [5.74, 6) is 0.399. The van der Waals surface area contributed by atoms with E-state index in [9.17, 15) is 9.90 Å². The summed E-state index contributed by atoms with van der Waals surface area (Å²) in [7, 11) is 0. The second-order valence-corrected chi connectivity index (χ2v) is 14.8. The van der Waals surface area contributed by atoms with Crippen molar-refractivity contribution in [2.45, 2.75) is 205 Å². The lowest BCUT2D eigenvalue weighted by Crippen LogP contribution is -2.38. The molecule has 248 valence electrons. The first-order valence-electron chi connectivity index (χ1n) is 19.5. The van der Waals surface area contributed by atoms with Crippen molar-refractivity contribution in [3.05, 3.63) is 11.1 Å². The summed E-state index contributed by atoms with van der Waals surface area (Å²) in [5.41, 5.74) is 2.06. The van der Waals surface area contributed by atoms with Gasteiger partial charge in [0.15, 0.2) is 6.29 Å². The quantitative estimate of drug-likeness (QED) is 0.295. The number of hydrogen-bond donors (Lipinski definition) is 1. The number of hydrogen-bond acceptors (Lipinski definition) is 3. The van der Waals surface area contributed by atoms with E-state index in [1.54, 1.807) is 0 Å². The Hall–Kier alpha value is -0.870. The van der Waals surface area contributed by atoms with Gasteiger partial charge in [-0.3, -0.25) is 0 Å². The van der Waals surface area contributed by atoms with Gasteiger partial charge in [0.25, 0.3) is 0 Å². The maximum absolute atomic E-state index is 13.8. The van der Waals surface area contributed by atoms with Gasteiger partial charge in [-0.15, -0.1) is 0 Å². The van der Waals surface area contributed by atoms with Crippen LogP contribution in [0.3, 0.4) is 0 Å². The predicted octanol–water partition coefficient (Wildman–Crippen LogP) is 11.7. The molecule has 2 atom stereocenters. The van der Waals surface area contributed by atoms with Gasteiger partial charge in [0.05, 0.1) is 11.7 Å². The molecule has 1 heterocycles. The van der Waals surface area contributed by atoms with Gasteiger partial charge in [0.1, 0.15) is 0 Å². The second kappa shape index (κ2) is 21.0. The largest absolute Gasteiger partial charge is 0.478 e. The van der Waals surface area contributed by atoms with Crippen LogP contribution < -0.4 is 0 Å². The maximum Gasteiger partial charge on any atom is 0.334 e. The van der Waals surface area contributed by atoms with Crippen molar-refractivity contribution in [2.24, 2.45) is 17.8 Å². The van der Waals surface area contributed by atoms with Gasteiger partial charge in [0, 0.05) is 6.61 Å². The van der Waals surface area contributed by atoms with Crippen molar-refractivity contribution < 1.29 is 19.4 Å². The average molecular weight is 601 g/mol. The van der Waals surface area contributed by atoms with Crippen molar-refractivity contribution >= 4 is 5.97 Å². The molecular weight excluding hydrogens is 532 g/mol. The number of aliphatic carboxylic acids is 1. The molecule has 4 aliphatic rings. The van der Waals surface area contributed by atoms with Crippen LogP contribution >= 0.6 is 0 Å². The Labute approximate surface area is 265 Å². The summed E-state index contributed by atoms with van der Waals surface area (Å²) in [6.07, 6.45) is 36.6. The lowest BCUT2D eigenvalue weighted by Gasteiger charge is -2.38. The third kappa shape index (κ3) is 12.4. The summed E-state index contributed by atoms with van der Waals surface area (Å²) in [5, 5.41) is 11.3. The predicted molar refractivity (Wildman–Crippen MR) is 178 cm³/mol. The molecular formula is C39H68O4. The highest BCUT2D eigenvalue weighted by Crippen LogP contribution is 2.42. The van der Waals surface area contributed by atoms with Gasteiger partial charge < -0.3 is 14.6 Å². The van der Waals surface area contributed by atoms with Crippen LogP contribution in [0, 0.1) is 17.8 Å². The van der Waals surface area contributed by atoms with E-state index in [2.05, 4.69) is 0 Å². The number of allylic oxidation sites excluding steroid dienone is 1. The summed E-state index contributed by atoms with van der Waals surface area (Å²) in [6.45, 7) is 0.742. The van der Waals surface area contributed by atoms with Crippen LogP contribution in [0.2, 0.25) is 0 Å². The van der Waals surface area contributed by atoms with E-state index in [1.807, 2.05) is 0 Å². The molecule has 0 bridgehead atoms. The number of carbonyl (C=O) groups is 1. The van der Waals surface area contributed by atoms with Crippen LogP contribution in [0.4, 0.5) is 0 Å². The van der Waals surface area contributed by atoms with Crippen molar-refractivity contribution in [2.75, 3.05) is 6.61 Å². The first-order chi connectivity index (χ1) is 21.2. The normalized spacial score (nSPS) is 27.0. The molecule has 0 aromatic heterocycles. The van der Waals surface area contributed by atoms with E-state index in [0.29, 0.717) is 17.4 Å². The number of carboxylic acid groups (broad SMARTS) is 1. The van der Waals surface area contributed by atoms with Gasteiger partial charge >= 0.3 is 5.97 Å². The van der Waals surface area contributed by atoms with E-state index >= 15 is 0 Å². The molecule has 1 N–H and O–H groups in total. The zero-order valence-corrected chi connectivity index (χ0v) is 28.0. The average Bonchev–Trinajstić information content (AvgIpc) is 3.03. The van der Waals surface area contributed by atoms with E-state index in [0.717, 1.165) is 38.7 Å². The zero-order valence-electron chi connectivity index (χ0n) is 28.0. The monoisotopic (exact) mass is 601 g/mol. The number of ether oxygens (including phenoxy) is 2. The maximum atomic E-state index is 13.8. The zero-order chi connectivity index (χ0) is 30.0. The molecule has 0 amide bonds. The molecule has 4 rings (SSSR count). The summed E-state index contributed by atoms with van der Waals surface area (Å²) in [4.78, 5) is 13.8. The number of rotatable bonds is 7. The molecule has 0 aromatic rings. The third-order valence-corrected chi connectivity index (χ3v) is 11.4. The molecule has 4 fully saturated rings. The van der Waals surface area contributed by atoms with E-state index in [-0.39, 0.29) is 18.3 Å².